The zero-order chi connectivity index (χ0) is 16.1. The van der Waals surface area contributed by atoms with Gasteiger partial charge in [0.15, 0.2) is 5.78 Å². The van der Waals surface area contributed by atoms with Gasteiger partial charge in [-0.25, -0.2) is 0 Å². The molecule has 0 bridgehead atoms. The van der Waals surface area contributed by atoms with Gasteiger partial charge in [0.1, 0.15) is 0 Å². The second kappa shape index (κ2) is 7.28. The van der Waals surface area contributed by atoms with Gasteiger partial charge >= 0.3 is 0 Å². The van der Waals surface area contributed by atoms with Crippen LogP contribution >= 0.6 is 0 Å². The van der Waals surface area contributed by atoms with Crippen molar-refractivity contribution in [2.24, 2.45) is 0 Å². The van der Waals surface area contributed by atoms with Crippen molar-refractivity contribution < 1.29 is 4.79 Å². The molecule has 0 radical (unpaired) electrons. The van der Waals surface area contributed by atoms with Gasteiger partial charge in [0, 0.05) is 24.7 Å². The number of allylic oxidation sites excluding steroid dienone is 2. The zero-order valence-electron chi connectivity index (χ0n) is 13.6. The van der Waals surface area contributed by atoms with E-state index in [1.165, 1.54) is 16.7 Å². The maximum Gasteiger partial charge on any atom is 0.158 e. The number of ketones is 1. The second-order valence-corrected chi connectivity index (χ2v) is 6.31. The zero-order valence-corrected chi connectivity index (χ0v) is 13.6. The SMILES string of the molecule is Cc1ccc(C2CC(=O)C=C(NCCc3ccccc3)C2)cc1. The molecule has 0 aromatic heterocycles. The quantitative estimate of drug-likeness (QED) is 0.899. The van der Waals surface area contributed by atoms with E-state index in [2.05, 4.69) is 60.8 Å². The normalized spacial score (nSPS) is 17.7. The minimum absolute atomic E-state index is 0.226. The van der Waals surface area contributed by atoms with Gasteiger partial charge in [-0.05, 0) is 36.8 Å². The summed E-state index contributed by atoms with van der Waals surface area (Å²) >= 11 is 0. The Hall–Kier alpha value is -2.35. The highest BCUT2D eigenvalue weighted by atomic mass is 16.1. The molecule has 0 saturated carbocycles. The predicted octanol–water partition coefficient (Wildman–Crippen LogP) is 4.16. The monoisotopic (exact) mass is 305 g/mol. The highest BCUT2D eigenvalue weighted by molar-refractivity contribution is 5.91. The molecule has 1 aliphatic rings. The van der Waals surface area contributed by atoms with Crippen LogP contribution in [-0.4, -0.2) is 12.3 Å². The van der Waals surface area contributed by atoms with Crippen LogP contribution in [0.15, 0.2) is 66.4 Å². The lowest BCUT2D eigenvalue weighted by Gasteiger charge is -2.23. The van der Waals surface area contributed by atoms with Crippen LogP contribution < -0.4 is 5.32 Å². The molecule has 23 heavy (non-hydrogen) atoms. The van der Waals surface area contributed by atoms with E-state index in [4.69, 9.17) is 0 Å². The van der Waals surface area contributed by atoms with Crippen molar-refractivity contribution in [1.82, 2.24) is 5.32 Å². The van der Waals surface area contributed by atoms with Crippen molar-refractivity contribution >= 4 is 5.78 Å². The van der Waals surface area contributed by atoms with Crippen molar-refractivity contribution in [1.29, 1.82) is 0 Å². The molecule has 0 amide bonds. The summed E-state index contributed by atoms with van der Waals surface area (Å²) in [5.41, 5.74) is 4.91. The Kier molecular flexibility index (Phi) is 4.92. The minimum atomic E-state index is 0.226. The van der Waals surface area contributed by atoms with Gasteiger partial charge in [-0.2, -0.15) is 0 Å². The second-order valence-electron chi connectivity index (χ2n) is 6.31. The molecule has 1 aliphatic carbocycles. The number of carbonyl (C=O) groups excluding carboxylic acids is 1. The van der Waals surface area contributed by atoms with E-state index in [-0.39, 0.29) is 5.78 Å². The third-order valence-electron chi connectivity index (χ3n) is 4.41. The summed E-state index contributed by atoms with van der Waals surface area (Å²) < 4.78 is 0. The number of hydrogen-bond acceptors (Lipinski definition) is 2. The fourth-order valence-electron chi connectivity index (χ4n) is 3.10. The number of rotatable bonds is 5. The molecule has 0 saturated heterocycles. The number of hydrogen-bond donors (Lipinski definition) is 1. The summed E-state index contributed by atoms with van der Waals surface area (Å²) in [6.07, 6.45) is 4.30. The summed E-state index contributed by atoms with van der Waals surface area (Å²) in [5, 5.41) is 3.45. The van der Waals surface area contributed by atoms with Gasteiger partial charge in [0.25, 0.3) is 0 Å². The Bertz CT molecular complexity index is 686. The molecule has 2 nitrogen and oxygen atoms in total. The molecule has 118 valence electrons. The first-order valence-electron chi connectivity index (χ1n) is 8.28. The molecule has 0 aliphatic heterocycles. The van der Waals surface area contributed by atoms with E-state index in [1.54, 1.807) is 6.08 Å². The van der Waals surface area contributed by atoms with Gasteiger partial charge in [-0.1, -0.05) is 60.2 Å². The van der Waals surface area contributed by atoms with Crippen molar-refractivity contribution in [2.45, 2.75) is 32.1 Å². The van der Waals surface area contributed by atoms with Crippen molar-refractivity contribution in [3.63, 3.8) is 0 Å². The number of carbonyl (C=O) groups is 1. The minimum Gasteiger partial charge on any atom is -0.388 e. The highest BCUT2D eigenvalue weighted by Gasteiger charge is 2.21. The Balaban J connectivity index is 1.59. The van der Waals surface area contributed by atoms with Gasteiger partial charge < -0.3 is 5.32 Å². The summed E-state index contributed by atoms with van der Waals surface area (Å²) in [4.78, 5) is 12.0. The molecule has 2 aromatic carbocycles. The Labute approximate surface area is 138 Å². The van der Waals surface area contributed by atoms with Crippen LogP contribution in [0.2, 0.25) is 0 Å². The fraction of sp³-hybridized carbons (Fsp3) is 0.286. The van der Waals surface area contributed by atoms with E-state index >= 15 is 0 Å². The molecule has 0 fully saturated rings. The lowest BCUT2D eigenvalue weighted by atomic mass is 9.85. The van der Waals surface area contributed by atoms with Crippen LogP contribution in [0.3, 0.4) is 0 Å². The first-order valence-corrected chi connectivity index (χ1v) is 8.28. The molecule has 1 unspecified atom stereocenters. The lowest BCUT2D eigenvalue weighted by molar-refractivity contribution is -0.115. The summed E-state index contributed by atoms with van der Waals surface area (Å²) in [6.45, 7) is 2.95. The van der Waals surface area contributed by atoms with Crippen molar-refractivity contribution in [3.8, 4) is 0 Å². The van der Waals surface area contributed by atoms with E-state index in [1.807, 2.05) is 6.07 Å². The highest BCUT2D eigenvalue weighted by Crippen LogP contribution is 2.30. The maximum absolute atomic E-state index is 12.0. The number of benzene rings is 2. The molecule has 1 atom stereocenters. The third-order valence-corrected chi connectivity index (χ3v) is 4.41. The van der Waals surface area contributed by atoms with Crippen LogP contribution in [0.1, 0.15) is 35.4 Å². The lowest BCUT2D eigenvalue weighted by Crippen LogP contribution is -2.23. The fourth-order valence-corrected chi connectivity index (χ4v) is 3.10. The Morgan fingerprint density at radius 3 is 2.48 bits per heavy atom. The van der Waals surface area contributed by atoms with Gasteiger partial charge in [-0.15, -0.1) is 0 Å². The van der Waals surface area contributed by atoms with E-state index in [0.717, 1.165) is 25.1 Å². The number of aryl methyl sites for hydroxylation is 1. The molecule has 1 N–H and O–H groups in total. The Morgan fingerprint density at radius 2 is 1.74 bits per heavy atom. The van der Waals surface area contributed by atoms with Crippen LogP contribution in [-0.2, 0) is 11.2 Å². The van der Waals surface area contributed by atoms with Crippen LogP contribution in [0.4, 0.5) is 0 Å². The Morgan fingerprint density at radius 1 is 1.00 bits per heavy atom. The van der Waals surface area contributed by atoms with Crippen molar-refractivity contribution in [2.75, 3.05) is 6.54 Å². The summed E-state index contributed by atoms with van der Waals surface area (Å²) in [7, 11) is 0. The standard InChI is InChI=1S/C21H23NO/c1-16-7-9-18(10-8-16)19-13-20(15-21(23)14-19)22-12-11-17-5-3-2-4-6-17/h2-10,15,19,22H,11-14H2,1H3. The molecule has 0 spiro atoms. The first-order chi connectivity index (χ1) is 11.2. The molecular formula is C21H23NO. The van der Waals surface area contributed by atoms with Crippen molar-refractivity contribution in [3.05, 3.63) is 83.1 Å². The summed E-state index contributed by atoms with van der Waals surface area (Å²) in [5.74, 6) is 0.524. The van der Waals surface area contributed by atoms with Crippen LogP contribution in [0.5, 0.6) is 0 Å². The smallest absolute Gasteiger partial charge is 0.158 e. The molecule has 3 rings (SSSR count). The average Bonchev–Trinajstić information content (AvgIpc) is 2.56. The first kappa shape index (κ1) is 15.5. The summed E-state index contributed by atoms with van der Waals surface area (Å²) in [6, 6.07) is 19.0. The van der Waals surface area contributed by atoms with E-state index < -0.39 is 0 Å². The molecule has 2 aromatic rings. The largest absolute Gasteiger partial charge is 0.388 e. The van der Waals surface area contributed by atoms with E-state index in [0.29, 0.717) is 12.3 Å². The van der Waals surface area contributed by atoms with Gasteiger partial charge in [0.2, 0.25) is 0 Å². The molecular weight excluding hydrogens is 282 g/mol. The number of nitrogens with one attached hydrogen (secondary N) is 1. The van der Waals surface area contributed by atoms with E-state index in [9.17, 15) is 4.79 Å². The predicted molar refractivity (Wildman–Crippen MR) is 94.4 cm³/mol. The average molecular weight is 305 g/mol. The maximum atomic E-state index is 12.0. The topological polar surface area (TPSA) is 29.1 Å². The molecule has 0 heterocycles. The third kappa shape index (κ3) is 4.32. The van der Waals surface area contributed by atoms with Crippen LogP contribution in [0, 0.1) is 6.92 Å². The van der Waals surface area contributed by atoms with Gasteiger partial charge in [-0.3, -0.25) is 4.79 Å². The van der Waals surface area contributed by atoms with Gasteiger partial charge in [0.05, 0.1) is 0 Å². The molecule has 2 heteroatoms. The van der Waals surface area contributed by atoms with Crippen LogP contribution in [0.25, 0.3) is 0 Å².